The number of rotatable bonds is 6. The number of amides is 1. The molecule has 0 bridgehead atoms. The van der Waals surface area contributed by atoms with Gasteiger partial charge < -0.3 is 19.9 Å². The van der Waals surface area contributed by atoms with Gasteiger partial charge in [-0.2, -0.15) is 4.31 Å². The number of thiophene rings is 1. The van der Waals surface area contributed by atoms with Crippen molar-refractivity contribution in [3.8, 4) is 0 Å². The molecule has 0 unspecified atom stereocenters. The van der Waals surface area contributed by atoms with Crippen molar-refractivity contribution in [1.82, 2.24) is 19.8 Å². The van der Waals surface area contributed by atoms with E-state index in [0.29, 0.717) is 50.1 Å². The topological polar surface area (TPSA) is 108 Å². The van der Waals surface area contributed by atoms with Gasteiger partial charge in [-0.25, -0.2) is 8.42 Å². The first-order valence-electron chi connectivity index (χ1n) is 10.2. The lowest BCUT2D eigenvalue weighted by Crippen LogP contribution is -2.48. The summed E-state index contributed by atoms with van der Waals surface area (Å²) in [6.07, 6.45) is 0. The summed E-state index contributed by atoms with van der Waals surface area (Å²) in [5, 5.41) is 11.4. The molecule has 2 aliphatic rings. The molecule has 2 saturated heterocycles. The van der Waals surface area contributed by atoms with Crippen molar-refractivity contribution in [3.05, 3.63) is 29.1 Å². The number of nitrogens with one attached hydrogen (secondary N) is 1. The van der Waals surface area contributed by atoms with Crippen LogP contribution in [0, 0.1) is 0 Å². The Labute approximate surface area is 185 Å². The average molecular weight is 467 g/mol. The third-order valence-corrected chi connectivity index (χ3v) is 8.73. The summed E-state index contributed by atoms with van der Waals surface area (Å²) in [5.41, 5.74) is 0. The van der Waals surface area contributed by atoms with Crippen molar-refractivity contribution in [1.29, 1.82) is 0 Å². The van der Waals surface area contributed by atoms with Crippen LogP contribution in [0.25, 0.3) is 0 Å². The van der Waals surface area contributed by atoms with Crippen LogP contribution in [0.5, 0.6) is 0 Å². The number of hydrogen-bond acceptors (Lipinski definition) is 9. The fourth-order valence-corrected chi connectivity index (χ4v) is 6.41. The molecule has 0 aromatic carbocycles. The molecular formula is C19H26N6O4S2. The first kappa shape index (κ1) is 21.9. The molecule has 1 N–H and O–H groups in total. The number of anilines is 2. The van der Waals surface area contributed by atoms with Crippen LogP contribution in [0.4, 0.5) is 11.6 Å². The fourth-order valence-electron chi connectivity index (χ4n) is 3.54. The number of aromatic nitrogens is 2. The van der Waals surface area contributed by atoms with Gasteiger partial charge in [0.2, 0.25) is 5.91 Å². The summed E-state index contributed by atoms with van der Waals surface area (Å²) < 4.78 is 33.2. The predicted molar refractivity (Wildman–Crippen MR) is 118 cm³/mol. The van der Waals surface area contributed by atoms with Crippen LogP contribution in [0.15, 0.2) is 28.5 Å². The molecule has 0 spiro atoms. The van der Waals surface area contributed by atoms with Crippen LogP contribution in [0.2, 0.25) is 0 Å². The van der Waals surface area contributed by atoms with Gasteiger partial charge in [0.1, 0.15) is 4.21 Å². The monoisotopic (exact) mass is 466 g/mol. The highest BCUT2D eigenvalue weighted by Gasteiger charge is 2.30. The predicted octanol–water partition coefficient (Wildman–Crippen LogP) is 0.522. The van der Waals surface area contributed by atoms with Gasteiger partial charge >= 0.3 is 0 Å². The van der Waals surface area contributed by atoms with E-state index < -0.39 is 10.0 Å². The molecule has 0 radical (unpaired) electrons. The van der Waals surface area contributed by atoms with E-state index >= 15 is 0 Å². The van der Waals surface area contributed by atoms with E-state index in [4.69, 9.17) is 4.74 Å². The number of hydrogen-bond donors (Lipinski definition) is 1. The fraction of sp³-hybridized carbons (Fsp3) is 0.526. The average Bonchev–Trinajstić information content (AvgIpc) is 3.29. The molecule has 10 nitrogen and oxygen atoms in total. The molecule has 2 aliphatic heterocycles. The Morgan fingerprint density at radius 1 is 1.00 bits per heavy atom. The number of nitrogens with zero attached hydrogens (tertiary/aromatic N) is 5. The minimum Gasteiger partial charge on any atom is -0.378 e. The van der Waals surface area contributed by atoms with E-state index in [1.54, 1.807) is 12.1 Å². The van der Waals surface area contributed by atoms with Crippen molar-refractivity contribution in [2.24, 2.45) is 0 Å². The highest BCUT2D eigenvalue weighted by atomic mass is 32.2. The molecule has 2 fully saturated rings. The molecule has 1 amide bonds. The number of piperazine rings is 1. The molecule has 4 rings (SSSR count). The summed E-state index contributed by atoms with van der Waals surface area (Å²) in [4.78, 5) is 16.1. The smallest absolute Gasteiger partial charge is 0.252 e. The van der Waals surface area contributed by atoms with Gasteiger partial charge in [-0.05, 0) is 24.3 Å². The second kappa shape index (κ2) is 9.47. The minimum atomic E-state index is -3.55. The van der Waals surface area contributed by atoms with Gasteiger partial charge in [0.15, 0.2) is 11.6 Å². The number of sulfonamides is 1. The van der Waals surface area contributed by atoms with Crippen molar-refractivity contribution >= 4 is 38.9 Å². The SMILES string of the molecule is CC(=O)NCc1ccc(S(=O)(=O)N2CCN(c3ccc(N4CCOCC4)nn3)CC2)s1. The van der Waals surface area contributed by atoms with Crippen LogP contribution in [-0.4, -0.2) is 81.3 Å². The zero-order chi connectivity index (χ0) is 21.8. The first-order valence-corrected chi connectivity index (χ1v) is 12.4. The lowest BCUT2D eigenvalue weighted by molar-refractivity contribution is -0.119. The van der Waals surface area contributed by atoms with Gasteiger partial charge in [-0.1, -0.05) is 0 Å². The van der Waals surface area contributed by atoms with Crippen LogP contribution in [-0.2, 0) is 26.1 Å². The lowest BCUT2D eigenvalue weighted by atomic mass is 10.3. The summed E-state index contributed by atoms with van der Waals surface area (Å²) in [5.74, 6) is 1.44. The molecule has 12 heteroatoms. The van der Waals surface area contributed by atoms with Crippen LogP contribution < -0.4 is 15.1 Å². The van der Waals surface area contributed by atoms with E-state index in [9.17, 15) is 13.2 Å². The lowest BCUT2D eigenvalue weighted by Gasteiger charge is -2.34. The number of ether oxygens (including phenoxy) is 1. The Morgan fingerprint density at radius 2 is 1.61 bits per heavy atom. The van der Waals surface area contributed by atoms with Crippen LogP contribution >= 0.6 is 11.3 Å². The number of carbonyl (C=O) groups is 1. The minimum absolute atomic E-state index is 0.144. The second-order valence-electron chi connectivity index (χ2n) is 7.37. The molecule has 2 aromatic heterocycles. The van der Waals surface area contributed by atoms with Crippen LogP contribution in [0.1, 0.15) is 11.8 Å². The molecule has 0 saturated carbocycles. The maximum Gasteiger partial charge on any atom is 0.252 e. The van der Waals surface area contributed by atoms with E-state index in [1.165, 1.54) is 22.6 Å². The maximum absolute atomic E-state index is 13.0. The standard InChI is InChI=1S/C19H26N6O4S2/c1-15(26)20-14-16-2-5-19(30-16)31(27,28)25-8-6-23(7-9-25)17-3-4-18(22-21-17)24-10-12-29-13-11-24/h2-5H,6-14H2,1H3,(H,20,26). The Bertz CT molecular complexity index is 997. The summed E-state index contributed by atoms with van der Waals surface area (Å²) >= 11 is 1.19. The Morgan fingerprint density at radius 3 is 2.19 bits per heavy atom. The van der Waals surface area contributed by atoms with Crippen molar-refractivity contribution in [2.75, 3.05) is 62.3 Å². The quantitative estimate of drug-likeness (QED) is 0.657. The third-order valence-electron chi connectivity index (χ3n) is 5.28. The van der Waals surface area contributed by atoms with E-state index in [-0.39, 0.29) is 5.91 Å². The summed E-state index contributed by atoms with van der Waals surface area (Å²) in [7, 11) is -3.55. The number of morpholine rings is 1. The van der Waals surface area contributed by atoms with Crippen LogP contribution in [0.3, 0.4) is 0 Å². The summed E-state index contributed by atoms with van der Waals surface area (Å²) in [6.45, 7) is 6.64. The van der Waals surface area contributed by atoms with Gasteiger partial charge in [0, 0.05) is 51.1 Å². The van der Waals surface area contributed by atoms with Crippen molar-refractivity contribution in [2.45, 2.75) is 17.7 Å². The summed E-state index contributed by atoms with van der Waals surface area (Å²) in [6, 6.07) is 7.25. The molecule has 4 heterocycles. The van der Waals surface area contributed by atoms with Crippen molar-refractivity contribution < 1.29 is 17.9 Å². The highest BCUT2D eigenvalue weighted by molar-refractivity contribution is 7.91. The highest BCUT2D eigenvalue weighted by Crippen LogP contribution is 2.26. The molecule has 0 aliphatic carbocycles. The maximum atomic E-state index is 13.0. The van der Waals surface area contributed by atoms with Gasteiger partial charge in [-0.3, -0.25) is 4.79 Å². The van der Waals surface area contributed by atoms with E-state index in [2.05, 4.69) is 25.3 Å². The Kier molecular flexibility index (Phi) is 6.70. The van der Waals surface area contributed by atoms with E-state index in [0.717, 1.165) is 29.6 Å². The van der Waals surface area contributed by atoms with Gasteiger partial charge in [0.25, 0.3) is 10.0 Å². The molecule has 168 valence electrons. The van der Waals surface area contributed by atoms with Crippen molar-refractivity contribution in [3.63, 3.8) is 0 Å². The largest absolute Gasteiger partial charge is 0.378 e. The molecule has 2 aromatic rings. The Hall–Kier alpha value is -2.28. The Balaban J connectivity index is 1.35. The second-order valence-corrected chi connectivity index (χ2v) is 10.7. The third kappa shape index (κ3) is 5.14. The molecular weight excluding hydrogens is 440 g/mol. The van der Waals surface area contributed by atoms with Gasteiger partial charge in [0.05, 0.1) is 19.8 Å². The van der Waals surface area contributed by atoms with E-state index in [1.807, 2.05) is 12.1 Å². The molecule has 31 heavy (non-hydrogen) atoms. The normalized spacial score (nSPS) is 18.2. The zero-order valence-electron chi connectivity index (χ0n) is 17.4. The molecule has 0 atom stereocenters. The van der Waals surface area contributed by atoms with Gasteiger partial charge in [-0.15, -0.1) is 21.5 Å². The zero-order valence-corrected chi connectivity index (χ0v) is 19.0. The first-order chi connectivity index (χ1) is 14.9. The number of carbonyl (C=O) groups excluding carboxylic acids is 1.